The van der Waals surface area contributed by atoms with E-state index in [0.29, 0.717) is 6.54 Å². The van der Waals surface area contributed by atoms with Crippen molar-refractivity contribution >= 4 is 18.0 Å². The van der Waals surface area contributed by atoms with Gasteiger partial charge in [0.15, 0.2) is 5.54 Å². The molecule has 1 heterocycles. The number of carbonyl (C=O) groups is 3. The molecule has 1 saturated heterocycles. The van der Waals surface area contributed by atoms with Crippen molar-refractivity contribution in [2.75, 3.05) is 26.2 Å². The number of likely N-dealkylation sites (tertiary alicyclic amines) is 1. The molecule has 0 aromatic carbocycles. The van der Waals surface area contributed by atoms with Gasteiger partial charge in [-0.2, -0.15) is 0 Å². The lowest BCUT2D eigenvalue weighted by molar-refractivity contribution is -0.144. The van der Waals surface area contributed by atoms with Gasteiger partial charge in [0.1, 0.15) is 5.60 Å². The molecule has 3 N–H and O–H groups in total. The first-order chi connectivity index (χ1) is 10.6. The Balaban J connectivity index is 2.67. The first-order valence-corrected chi connectivity index (χ1v) is 7.25. The molecule has 0 aromatic rings. The molecule has 128 valence electrons. The lowest BCUT2D eigenvalue weighted by Gasteiger charge is -2.28. The molecule has 8 heteroatoms. The minimum Gasteiger partial charge on any atom is -0.479 e. The topological polar surface area (TPSA) is 108 Å². The summed E-state index contributed by atoms with van der Waals surface area (Å²) in [5.41, 5.74) is -2.19. The number of hydrogen-bond donors (Lipinski definition) is 3. The van der Waals surface area contributed by atoms with E-state index in [-0.39, 0.29) is 32.0 Å². The van der Waals surface area contributed by atoms with E-state index < -0.39 is 23.2 Å². The summed E-state index contributed by atoms with van der Waals surface area (Å²) in [7, 11) is 0. The van der Waals surface area contributed by atoms with Gasteiger partial charge >= 0.3 is 12.1 Å². The second kappa shape index (κ2) is 7.33. The first kappa shape index (κ1) is 18.8. The van der Waals surface area contributed by atoms with Crippen molar-refractivity contribution in [2.45, 2.75) is 38.3 Å². The molecule has 23 heavy (non-hydrogen) atoms. The predicted octanol–water partition coefficient (Wildman–Crippen LogP) is -0.210. The van der Waals surface area contributed by atoms with Gasteiger partial charge in [-0.3, -0.25) is 9.69 Å². The van der Waals surface area contributed by atoms with E-state index in [1.165, 1.54) is 0 Å². The number of carboxylic acids is 1. The molecule has 1 aliphatic heterocycles. The standard InChI is InChI=1S/C15H23N3O5/c1-5-7-16-11(19)9-18-8-6-15(10-18,12(20)21)17-13(22)23-14(2,3)4/h1H,6-10H2,2-4H3,(H,16,19)(H,17,22)(H,20,21). The molecule has 1 aliphatic rings. The summed E-state index contributed by atoms with van der Waals surface area (Å²) in [5.74, 6) is 0.840. The van der Waals surface area contributed by atoms with Crippen molar-refractivity contribution in [3.63, 3.8) is 0 Å². The maximum Gasteiger partial charge on any atom is 0.408 e. The Kier molecular flexibility index (Phi) is 5.98. The summed E-state index contributed by atoms with van der Waals surface area (Å²) in [6.07, 6.45) is 4.45. The molecule has 0 radical (unpaired) electrons. The van der Waals surface area contributed by atoms with Gasteiger partial charge in [-0.15, -0.1) is 6.42 Å². The monoisotopic (exact) mass is 325 g/mol. The zero-order valence-corrected chi connectivity index (χ0v) is 13.6. The van der Waals surface area contributed by atoms with Crippen LogP contribution in [0.25, 0.3) is 0 Å². The van der Waals surface area contributed by atoms with Crippen LogP contribution < -0.4 is 10.6 Å². The Labute approximate surface area is 135 Å². The minimum atomic E-state index is -1.46. The van der Waals surface area contributed by atoms with E-state index in [9.17, 15) is 19.5 Å². The summed E-state index contributed by atoms with van der Waals surface area (Å²) >= 11 is 0. The third-order valence-electron chi connectivity index (χ3n) is 3.25. The summed E-state index contributed by atoms with van der Waals surface area (Å²) in [5, 5.41) is 14.4. The lowest BCUT2D eigenvalue weighted by atomic mass is 9.99. The fourth-order valence-corrected chi connectivity index (χ4v) is 2.26. The molecular formula is C15H23N3O5. The number of carboxylic acid groups (broad SMARTS) is 1. The molecule has 0 saturated carbocycles. The van der Waals surface area contributed by atoms with Crippen LogP contribution in [-0.4, -0.2) is 65.3 Å². The minimum absolute atomic E-state index is 0.0189. The number of rotatable bonds is 5. The SMILES string of the molecule is C#CCNC(=O)CN1CCC(NC(=O)OC(C)(C)C)(C(=O)O)C1. The number of hydrogen-bond acceptors (Lipinski definition) is 5. The Hall–Kier alpha value is -2.27. The van der Waals surface area contributed by atoms with Crippen molar-refractivity contribution < 1.29 is 24.2 Å². The number of amides is 2. The smallest absolute Gasteiger partial charge is 0.408 e. The van der Waals surface area contributed by atoms with E-state index in [2.05, 4.69) is 16.6 Å². The number of terminal acetylenes is 1. The van der Waals surface area contributed by atoms with Crippen LogP contribution in [0.5, 0.6) is 0 Å². The highest BCUT2D eigenvalue weighted by Gasteiger charge is 2.47. The van der Waals surface area contributed by atoms with Gasteiger partial charge in [0.2, 0.25) is 5.91 Å². The molecule has 1 rings (SSSR count). The third kappa shape index (κ3) is 5.79. The van der Waals surface area contributed by atoms with E-state index >= 15 is 0 Å². The largest absolute Gasteiger partial charge is 0.479 e. The van der Waals surface area contributed by atoms with Crippen molar-refractivity contribution in [1.82, 2.24) is 15.5 Å². The molecular weight excluding hydrogens is 302 g/mol. The molecule has 0 bridgehead atoms. The van der Waals surface area contributed by atoms with Gasteiger partial charge in [0, 0.05) is 13.1 Å². The lowest BCUT2D eigenvalue weighted by Crippen LogP contribution is -2.57. The molecule has 0 aromatic heterocycles. The maximum atomic E-state index is 11.9. The number of ether oxygens (including phenoxy) is 1. The van der Waals surface area contributed by atoms with Crippen molar-refractivity contribution in [1.29, 1.82) is 0 Å². The molecule has 1 fully saturated rings. The fraction of sp³-hybridized carbons (Fsp3) is 0.667. The van der Waals surface area contributed by atoms with Crippen molar-refractivity contribution in [2.24, 2.45) is 0 Å². The summed E-state index contributed by atoms with van der Waals surface area (Å²) in [6, 6.07) is 0. The summed E-state index contributed by atoms with van der Waals surface area (Å²) < 4.78 is 5.11. The number of carbonyl (C=O) groups excluding carboxylic acids is 2. The normalized spacial score (nSPS) is 21.3. The van der Waals surface area contributed by atoms with Crippen LogP contribution >= 0.6 is 0 Å². The maximum absolute atomic E-state index is 11.9. The predicted molar refractivity (Wildman–Crippen MR) is 82.6 cm³/mol. The zero-order chi connectivity index (χ0) is 17.7. The van der Waals surface area contributed by atoms with Gasteiger partial charge in [-0.1, -0.05) is 5.92 Å². The Morgan fingerprint density at radius 2 is 2.04 bits per heavy atom. The van der Waals surface area contributed by atoms with Gasteiger partial charge < -0.3 is 20.5 Å². The van der Waals surface area contributed by atoms with Crippen LogP contribution in [0.1, 0.15) is 27.2 Å². The second-order valence-corrected chi connectivity index (χ2v) is 6.46. The Morgan fingerprint density at radius 1 is 1.39 bits per heavy atom. The van der Waals surface area contributed by atoms with Crippen LogP contribution in [0.15, 0.2) is 0 Å². The zero-order valence-electron chi connectivity index (χ0n) is 13.6. The van der Waals surface area contributed by atoms with Crippen LogP contribution in [0.3, 0.4) is 0 Å². The summed E-state index contributed by atoms with van der Waals surface area (Å²) in [6.45, 7) is 5.60. The molecule has 0 aliphatic carbocycles. The van der Waals surface area contributed by atoms with Gasteiger partial charge in [-0.25, -0.2) is 9.59 Å². The van der Waals surface area contributed by atoms with Crippen LogP contribution in [-0.2, 0) is 14.3 Å². The van der Waals surface area contributed by atoms with Crippen LogP contribution in [0, 0.1) is 12.3 Å². The van der Waals surface area contributed by atoms with Crippen LogP contribution in [0.4, 0.5) is 4.79 Å². The molecule has 1 atom stereocenters. The van der Waals surface area contributed by atoms with Crippen molar-refractivity contribution in [3.05, 3.63) is 0 Å². The Morgan fingerprint density at radius 3 is 2.57 bits per heavy atom. The molecule has 8 nitrogen and oxygen atoms in total. The number of nitrogens with one attached hydrogen (secondary N) is 2. The average Bonchev–Trinajstić information content (AvgIpc) is 2.78. The first-order valence-electron chi connectivity index (χ1n) is 7.25. The highest BCUT2D eigenvalue weighted by atomic mass is 16.6. The van der Waals surface area contributed by atoms with E-state index in [1.807, 2.05) is 0 Å². The fourth-order valence-electron chi connectivity index (χ4n) is 2.26. The second-order valence-electron chi connectivity index (χ2n) is 6.46. The number of aliphatic carboxylic acids is 1. The van der Waals surface area contributed by atoms with Gasteiger partial charge in [0.25, 0.3) is 0 Å². The quantitative estimate of drug-likeness (QED) is 0.604. The average molecular weight is 325 g/mol. The van der Waals surface area contributed by atoms with E-state index in [1.54, 1.807) is 25.7 Å². The third-order valence-corrected chi connectivity index (χ3v) is 3.25. The highest BCUT2D eigenvalue weighted by molar-refractivity contribution is 5.85. The Bertz CT molecular complexity index is 520. The van der Waals surface area contributed by atoms with E-state index in [0.717, 1.165) is 0 Å². The summed E-state index contributed by atoms with van der Waals surface area (Å²) in [4.78, 5) is 36.8. The van der Waals surface area contributed by atoms with Crippen LogP contribution in [0.2, 0.25) is 0 Å². The van der Waals surface area contributed by atoms with Crippen molar-refractivity contribution in [3.8, 4) is 12.3 Å². The van der Waals surface area contributed by atoms with Gasteiger partial charge in [0.05, 0.1) is 13.1 Å². The molecule has 2 amide bonds. The number of nitrogens with zero attached hydrogens (tertiary/aromatic N) is 1. The van der Waals surface area contributed by atoms with E-state index in [4.69, 9.17) is 11.2 Å². The molecule has 0 spiro atoms. The number of alkyl carbamates (subject to hydrolysis) is 1. The highest BCUT2D eigenvalue weighted by Crippen LogP contribution is 2.22. The van der Waals surface area contributed by atoms with Gasteiger partial charge in [-0.05, 0) is 27.2 Å². The molecule has 1 unspecified atom stereocenters.